The Morgan fingerprint density at radius 1 is 1.03 bits per heavy atom. The highest BCUT2D eigenvalue weighted by Crippen LogP contribution is 2.29. The Morgan fingerprint density at radius 3 is 2.62 bits per heavy atom. The molecular formula is C22H18ClN5OS3. The van der Waals surface area contributed by atoms with Crippen molar-refractivity contribution >= 4 is 57.5 Å². The van der Waals surface area contributed by atoms with Gasteiger partial charge in [-0.1, -0.05) is 101 Å². The van der Waals surface area contributed by atoms with Gasteiger partial charge in [-0.15, -0.1) is 10.2 Å². The van der Waals surface area contributed by atoms with Gasteiger partial charge in [0.25, 0.3) is 5.91 Å². The number of amides is 1. The van der Waals surface area contributed by atoms with Crippen molar-refractivity contribution in [3.05, 3.63) is 88.2 Å². The van der Waals surface area contributed by atoms with Crippen molar-refractivity contribution in [1.82, 2.24) is 20.2 Å². The summed E-state index contributed by atoms with van der Waals surface area (Å²) in [6.45, 7) is 2.06. The molecule has 0 aliphatic heterocycles. The number of nitrogens with one attached hydrogen (secondary N) is 1. The van der Waals surface area contributed by atoms with Crippen LogP contribution in [0.1, 0.15) is 27.2 Å². The molecule has 1 N–H and O–H groups in total. The Balaban J connectivity index is 1.38. The van der Waals surface area contributed by atoms with E-state index in [-0.39, 0.29) is 10.7 Å². The fraction of sp³-hybridized carbons (Fsp3) is 0.136. The summed E-state index contributed by atoms with van der Waals surface area (Å²) in [5.41, 5.74) is 3.70. The fourth-order valence-corrected chi connectivity index (χ4v) is 5.46. The standard InChI is InChI=1S/C22H18ClN5OS3/c1-14-7-5-6-10-16(14)13-30-20-24-11-17(23)18(25-20)19(29)26-21-27-28-22(32-21)31-12-15-8-3-2-4-9-15/h2-11H,12-13H2,1H3,(H,26,27,29). The van der Waals surface area contributed by atoms with E-state index >= 15 is 0 Å². The molecule has 0 bridgehead atoms. The molecule has 0 saturated heterocycles. The molecule has 0 atom stereocenters. The Kier molecular flexibility index (Phi) is 7.75. The molecule has 4 rings (SSSR count). The van der Waals surface area contributed by atoms with Crippen LogP contribution in [0.5, 0.6) is 0 Å². The molecule has 0 fully saturated rings. The van der Waals surface area contributed by atoms with Crippen LogP contribution in [0, 0.1) is 6.92 Å². The molecule has 162 valence electrons. The third kappa shape index (κ3) is 6.07. The molecule has 0 saturated carbocycles. The minimum Gasteiger partial charge on any atom is -0.295 e. The van der Waals surface area contributed by atoms with Crippen molar-refractivity contribution < 1.29 is 4.79 Å². The Bertz CT molecular complexity index is 1220. The first-order chi connectivity index (χ1) is 15.6. The lowest BCUT2D eigenvalue weighted by Crippen LogP contribution is -2.15. The number of aryl methyl sites for hydroxylation is 1. The van der Waals surface area contributed by atoms with Crippen molar-refractivity contribution in [3.8, 4) is 0 Å². The van der Waals surface area contributed by atoms with E-state index in [0.29, 0.717) is 16.0 Å². The third-order valence-corrected chi connectivity index (χ3v) is 7.62. The highest BCUT2D eigenvalue weighted by atomic mass is 35.5. The number of benzene rings is 2. The van der Waals surface area contributed by atoms with Crippen molar-refractivity contribution in [3.63, 3.8) is 0 Å². The number of nitrogens with zero attached hydrogens (tertiary/aromatic N) is 4. The van der Waals surface area contributed by atoms with Gasteiger partial charge < -0.3 is 0 Å². The van der Waals surface area contributed by atoms with Crippen LogP contribution in [0.3, 0.4) is 0 Å². The van der Waals surface area contributed by atoms with Gasteiger partial charge in [-0.05, 0) is 23.6 Å². The molecule has 2 heterocycles. The highest BCUT2D eigenvalue weighted by molar-refractivity contribution is 8.00. The predicted octanol–water partition coefficient (Wildman–Crippen LogP) is 6.13. The minimum absolute atomic E-state index is 0.114. The first-order valence-electron chi connectivity index (χ1n) is 9.60. The van der Waals surface area contributed by atoms with Crippen LogP contribution in [0.15, 0.2) is 70.3 Å². The first-order valence-corrected chi connectivity index (χ1v) is 12.8. The van der Waals surface area contributed by atoms with Gasteiger partial charge in [0.15, 0.2) is 15.2 Å². The molecule has 2 aromatic carbocycles. The van der Waals surface area contributed by atoms with E-state index in [4.69, 9.17) is 11.6 Å². The Hall–Kier alpha value is -2.46. The number of aromatic nitrogens is 4. The average molecular weight is 500 g/mol. The number of carbonyl (C=O) groups excluding carboxylic acids is 1. The topological polar surface area (TPSA) is 80.7 Å². The number of halogens is 1. The van der Waals surface area contributed by atoms with E-state index < -0.39 is 5.91 Å². The monoisotopic (exact) mass is 499 g/mol. The van der Waals surface area contributed by atoms with Gasteiger partial charge >= 0.3 is 0 Å². The summed E-state index contributed by atoms with van der Waals surface area (Å²) in [6.07, 6.45) is 1.45. The van der Waals surface area contributed by atoms with Crippen LogP contribution in [0.2, 0.25) is 5.02 Å². The summed E-state index contributed by atoms with van der Waals surface area (Å²) in [7, 11) is 0. The quantitative estimate of drug-likeness (QED) is 0.177. The zero-order valence-corrected chi connectivity index (χ0v) is 20.2. The van der Waals surface area contributed by atoms with Gasteiger partial charge in [0.1, 0.15) is 0 Å². The van der Waals surface area contributed by atoms with Crippen LogP contribution in [-0.4, -0.2) is 26.1 Å². The molecule has 6 nitrogen and oxygen atoms in total. The van der Waals surface area contributed by atoms with E-state index in [1.807, 2.05) is 30.3 Å². The van der Waals surface area contributed by atoms with Crippen molar-refractivity contribution in [1.29, 1.82) is 0 Å². The summed E-state index contributed by atoms with van der Waals surface area (Å²) in [5.74, 6) is 1.04. The maximum atomic E-state index is 12.7. The number of thioether (sulfide) groups is 2. The molecule has 0 aliphatic carbocycles. The lowest BCUT2D eigenvalue weighted by atomic mass is 10.1. The minimum atomic E-state index is -0.439. The second-order valence-electron chi connectivity index (χ2n) is 6.67. The number of rotatable bonds is 8. The van der Waals surface area contributed by atoms with Crippen LogP contribution in [0.25, 0.3) is 0 Å². The summed E-state index contributed by atoms with van der Waals surface area (Å²) >= 11 is 10.5. The van der Waals surface area contributed by atoms with Crippen molar-refractivity contribution in [2.75, 3.05) is 5.32 Å². The molecule has 1 amide bonds. The fourth-order valence-electron chi connectivity index (χ4n) is 2.69. The van der Waals surface area contributed by atoms with Crippen LogP contribution < -0.4 is 5.32 Å². The van der Waals surface area contributed by atoms with Gasteiger partial charge in [0.2, 0.25) is 5.13 Å². The molecule has 0 spiro atoms. The maximum absolute atomic E-state index is 12.7. The predicted molar refractivity (Wildman–Crippen MR) is 132 cm³/mol. The molecule has 0 unspecified atom stereocenters. The molecule has 0 aliphatic rings. The third-order valence-electron chi connectivity index (χ3n) is 4.39. The lowest BCUT2D eigenvalue weighted by Gasteiger charge is -2.07. The second kappa shape index (κ2) is 10.9. The van der Waals surface area contributed by atoms with E-state index in [2.05, 4.69) is 56.7 Å². The van der Waals surface area contributed by atoms with Gasteiger partial charge in [-0.3, -0.25) is 10.1 Å². The SMILES string of the molecule is Cc1ccccc1CSc1ncc(Cl)c(C(=O)Nc2nnc(SCc3ccccc3)s2)n1. The molecule has 2 aromatic heterocycles. The van der Waals surface area contributed by atoms with E-state index in [0.717, 1.165) is 10.1 Å². The number of hydrogen-bond donors (Lipinski definition) is 1. The molecule has 10 heteroatoms. The van der Waals surface area contributed by atoms with Crippen LogP contribution in [-0.2, 0) is 11.5 Å². The number of hydrogen-bond acceptors (Lipinski definition) is 8. The van der Waals surface area contributed by atoms with Crippen LogP contribution >= 0.6 is 46.5 Å². The maximum Gasteiger partial charge on any atom is 0.277 e. The summed E-state index contributed by atoms with van der Waals surface area (Å²) in [5, 5.41) is 12.0. The first kappa shape index (κ1) is 22.7. The Morgan fingerprint density at radius 2 is 1.81 bits per heavy atom. The summed E-state index contributed by atoms with van der Waals surface area (Å²) in [6, 6.07) is 18.2. The Labute approximate surface area is 203 Å². The number of carbonyl (C=O) groups is 1. The summed E-state index contributed by atoms with van der Waals surface area (Å²) in [4.78, 5) is 21.3. The normalized spacial score (nSPS) is 10.8. The smallest absolute Gasteiger partial charge is 0.277 e. The largest absolute Gasteiger partial charge is 0.295 e. The van der Waals surface area contributed by atoms with E-state index in [9.17, 15) is 4.79 Å². The second-order valence-corrected chi connectivity index (χ2v) is 10.2. The zero-order valence-electron chi connectivity index (χ0n) is 17.0. The molecule has 32 heavy (non-hydrogen) atoms. The van der Waals surface area contributed by atoms with Crippen LogP contribution in [0.4, 0.5) is 5.13 Å². The van der Waals surface area contributed by atoms with E-state index in [1.165, 1.54) is 46.0 Å². The van der Waals surface area contributed by atoms with Crippen molar-refractivity contribution in [2.24, 2.45) is 0 Å². The number of anilines is 1. The average Bonchev–Trinajstić information content (AvgIpc) is 3.26. The molecular weight excluding hydrogens is 482 g/mol. The lowest BCUT2D eigenvalue weighted by molar-refractivity contribution is 0.102. The zero-order chi connectivity index (χ0) is 22.3. The van der Waals surface area contributed by atoms with Gasteiger partial charge in [-0.2, -0.15) is 0 Å². The molecule has 0 radical (unpaired) electrons. The summed E-state index contributed by atoms with van der Waals surface area (Å²) < 4.78 is 0.771. The van der Waals surface area contributed by atoms with Gasteiger partial charge in [0.05, 0.1) is 11.2 Å². The van der Waals surface area contributed by atoms with Gasteiger partial charge in [-0.25, -0.2) is 9.97 Å². The van der Waals surface area contributed by atoms with E-state index in [1.54, 1.807) is 11.8 Å². The van der Waals surface area contributed by atoms with Crippen molar-refractivity contribution in [2.45, 2.75) is 27.9 Å². The highest BCUT2D eigenvalue weighted by Gasteiger charge is 2.17. The van der Waals surface area contributed by atoms with Gasteiger partial charge in [0, 0.05) is 11.5 Å². The molecule has 4 aromatic rings.